The van der Waals surface area contributed by atoms with Gasteiger partial charge in [-0.15, -0.1) is 11.8 Å². The van der Waals surface area contributed by atoms with Crippen molar-refractivity contribution in [3.8, 4) is 5.75 Å². The summed E-state index contributed by atoms with van der Waals surface area (Å²) in [5.41, 5.74) is 1.81. The van der Waals surface area contributed by atoms with Crippen LogP contribution in [0.4, 0.5) is 0 Å². The fourth-order valence-corrected chi connectivity index (χ4v) is 3.64. The first kappa shape index (κ1) is 16.1. The van der Waals surface area contributed by atoms with Crippen LogP contribution >= 0.6 is 23.5 Å². The lowest BCUT2D eigenvalue weighted by Crippen LogP contribution is -2.06. The summed E-state index contributed by atoms with van der Waals surface area (Å²) < 4.78 is 6.63. The Morgan fingerprint density at radius 1 is 1.30 bits per heavy atom. The van der Waals surface area contributed by atoms with Gasteiger partial charge >= 0.3 is 0 Å². The minimum Gasteiger partial charge on any atom is -0.490 e. The van der Waals surface area contributed by atoms with Crippen LogP contribution in [0, 0.1) is 0 Å². The van der Waals surface area contributed by atoms with E-state index in [1.807, 2.05) is 50.4 Å². The Morgan fingerprint density at radius 2 is 2.13 bits per heavy atom. The Hall–Kier alpha value is -1.79. The van der Waals surface area contributed by atoms with Gasteiger partial charge in [0.05, 0.1) is 16.5 Å². The first-order chi connectivity index (χ1) is 11.1. The number of amides is 1. The summed E-state index contributed by atoms with van der Waals surface area (Å²) in [6.45, 7) is 3.99. The molecule has 0 fully saturated rings. The van der Waals surface area contributed by atoms with Crippen LogP contribution < -0.4 is 4.74 Å². The van der Waals surface area contributed by atoms with Crippen molar-refractivity contribution >= 4 is 50.8 Å². The van der Waals surface area contributed by atoms with Gasteiger partial charge in [0.2, 0.25) is 0 Å². The molecule has 1 aromatic heterocycles. The molecule has 0 bridgehead atoms. The smallest absolute Gasteiger partial charge is 0.285 e. The Kier molecular flexibility index (Phi) is 4.73. The van der Waals surface area contributed by atoms with Crippen molar-refractivity contribution in [1.82, 2.24) is 4.98 Å². The van der Waals surface area contributed by atoms with Crippen LogP contribution in [0.1, 0.15) is 19.4 Å². The van der Waals surface area contributed by atoms with E-state index in [4.69, 9.17) is 4.74 Å². The molecule has 0 saturated carbocycles. The maximum atomic E-state index is 11.9. The second-order valence-corrected chi connectivity index (χ2v) is 7.33. The van der Waals surface area contributed by atoms with Gasteiger partial charge in [0.15, 0.2) is 0 Å². The SMILES string of the molecule is CSC1=NC(=O)/C(=C/c2ccc3nccc(OC(C)C)c3c2)S1. The third-order valence-corrected chi connectivity index (χ3v) is 5.13. The van der Waals surface area contributed by atoms with Crippen molar-refractivity contribution in [2.24, 2.45) is 4.99 Å². The molecule has 1 aliphatic rings. The summed E-state index contributed by atoms with van der Waals surface area (Å²) in [7, 11) is 0. The van der Waals surface area contributed by atoms with E-state index in [0.717, 1.165) is 26.6 Å². The van der Waals surface area contributed by atoms with Gasteiger partial charge in [-0.1, -0.05) is 17.8 Å². The Morgan fingerprint density at radius 3 is 2.83 bits per heavy atom. The van der Waals surface area contributed by atoms with E-state index in [-0.39, 0.29) is 12.0 Å². The van der Waals surface area contributed by atoms with E-state index in [1.54, 1.807) is 6.20 Å². The highest BCUT2D eigenvalue weighted by atomic mass is 32.2. The third kappa shape index (κ3) is 3.59. The molecule has 0 radical (unpaired) electrons. The molecule has 0 N–H and O–H groups in total. The number of hydrogen-bond donors (Lipinski definition) is 0. The Balaban J connectivity index is 1.99. The molecule has 0 saturated heterocycles. The number of carbonyl (C=O) groups excluding carboxylic acids is 1. The maximum absolute atomic E-state index is 11.9. The van der Waals surface area contributed by atoms with Crippen LogP contribution in [-0.2, 0) is 4.79 Å². The molecule has 2 aromatic rings. The van der Waals surface area contributed by atoms with Crippen LogP contribution in [0.25, 0.3) is 17.0 Å². The molecule has 0 unspecified atom stereocenters. The molecular formula is C17H16N2O2S2. The van der Waals surface area contributed by atoms with Crippen LogP contribution in [0.2, 0.25) is 0 Å². The predicted octanol–water partition coefficient (Wildman–Crippen LogP) is 4.36. The van der Waals surface area contributed by atoms with Crippen LogP contribution in [0.15, 0.2) is 40.4 Å². The minimum atomic E-state index is -0.177. The summed E-state index contributed by atoms with van der Waals surface area (Å²) in [5, 5.41) is 0.942. The highest BCUT2D eigenvalue weighted by Gasteiger charge is 2.21. The van der Waals surface area contributed by atoms with Crippen molar-refractivity contribution in [2.75, 3.05) is 6.26 Å². The van der Waals surface area contributed by atoms with Gasteiger partial charge in [-0.3, -0.25) is 9.78 Å². The molecule has 6 heteroatoms. The quantitative estimate of drug-likeness (QED) is 0.775. The van der Waals surface area contributed by atoms with Crippen LogP contribution in [0.3, 0.4) is 0 Å². The normalized spacial score (nSPS) is 16.4. The van der Waals surface area contributed by atoms with E-state index >= 15 is 0 Å². The molecule has 0 aliphatic carbocycles. The van der Waals surface area contributed by atoms with Gasteiger partial charge in [0.1, 0.15) is 10.1 Å². The number of carbonyl (C=O) groups is 1. The number of fused-ring (bicyclic) bond motifs is 1. The van der Waals surface area contributed by atoms with Crippen LogP contribution in [0.5, 0.6) is 5.75 Å². The zero-order chi connectivity index (χ0) is 16.4. The first-order valence-electron chi connectivity index (χ1n) is 7.19. The summed E-state index contributed by atoms with van der Waals surface area (Å²) in [6.07, 6.45) is 5.62. The zero-order valence-corrected chi connectivity index (χ0v) is 14.7. The number of hydrogen-bond acceptors (Lipinski definition) is 5. The molecule has 1 aromatic carbocycles. The number of nitrogens with zero attached hydrogens (tertiary/aromatic N) is 2. The van der Waals surface area contributed by atoms with Crippen molar-refractivity contribution < 1.29 is 9.53 Å². The fourth-order valence-electron chi connectivity index (χ4n) is 2.21. The Labute approximate surface area is 143 Å². The minimum absolute atomic E-state index is 0.0899. The average molecular weight is 344 g/mol. The summed E-state index contributed by atoms with van der Waals surface area (Å²) in [6, 6.07) is 7.75. The monoisotopic (exact) mass is 344 g/mol. The highest BCUT2D eigenvalue weighted by molar-refractivity contribution is 8.40. The van der Waals surface area contributed by atoms with Crippen molar-refractivity contribution in [2.45, 2.75) is 20.0 Å². The average Bonchev–Trinajstić information content (AvgIpc) is 2.88. The zero-order valence-electron chi connectivity index (χ0n) is 13.1. The lowest BCUT2D eigenvalue weighted by Gasteiger charge is -2.12. The van der Waals surface area contributed by atoms with Gasteiger partial charge in [-0.25, -0.2) is 0 Å². The van der Waals surface area contributed by atoms with E-state index in [0.29, 0.717) is 4.91 Å². The van der Waals surface area contributed by atoms with E-state index < -0.39 is 0 Å². The van der Waals surface area contributed by atoms with Gasteiger partial charge in [0.25, 0.3) is 5.91 Å². The van der Waals surface area contributed by atoms with Gasteiger partial charge < -0.3 is 4.74 Å². The summed E-state index contributed by atoms with van der Waals surface area (Å²) >= 11 is 2.90. The van der Waals surface area contributed by atoms with Gasteiger partial charge in [-0.05, 0) is 49.9 Å². The summed E-state index contributed by atoms with van der Waals surface area (Å²) in [4.78, 5) is 20.9. The molecule has 2 heterocycles. The van der Waals surface area contributed by atoms with Gasteiger partial charge in [-0.2, -0.15) is 4.99 Å². The number of thioether (sulfide) groups is 2. The largest absolute Gasteiger partial charge is 0.490 e. The fraction of sp³-hybridized carbons (Fsp3) is 0.235. The maximum Gasteiger partial charge on any atom is 0.285 e. The molecule has 3 rings (SSSR count). The number of pyridine rings is 1. The van der Waals surface area contributed by atoms with E-state index in [9.17, 15) is 4.79 Å². The molecular weight excluding hydrogens is 328 g/mol. The second kappa shape index (κ2) is 6.76. The topological polar surface area (TPSA) is 51.5 Å². The lowest BCUT2D eigenvalue weighted by molar-refractivity contribution is -0.113. The molecule has 1 amide bonds. The number of aromatic nitrogens is 1. The van der Waals surface area contributed by atoms with Crippen LogP contribution in [-0.4, -0.2) is 27.6 Å². The van der Waals surface area contributed by atoms with Gasteiger partial charge in [0, 0.05) is 11.6 Å². The number of aliphatic imine (C=N–C) groups is 1. The number of rotatable bonds is 3. The molecule has 0 spiro atoms. The molecule has 23 heavy (non-hydrogen) atoms. The first-order valence-corrected chi connectivity index (χ1v) is 9.23. The highest BCUT2D eigenvalue weighted by Crippen LogP contribution is 2.33. The van der Waals surface area contributed by atoms with Crippen molar-refractivity contribution in [3.63, 3.8) is 0 Å². The molecule has 118 valence electrons. The van der Waals surface area contributed by atoms with Crippen molar-refractivity contribution in [1.29, 1.82) is 0 Å². The molecule has 1 aliphatic heterocycles. The Bertz CT molecular complexity index is 828. The number of ether oxygens (including phenoxy) is 1. The summed E-state index contributed by atoms with van der Waals surface area (Å²) in [5.74, 6) is 0.626. The second-order valence-electron chi connectivity index (χ2n) is 5.25. The standard InChI is InChI=1S/C17H16N2O2S2/c1-10(2)21-14-6-7-18-13-5-4-11(8-12(13)14)9-15-16(20)19-17(22-3)23-15/h4-10H,1-3H3/b15-9-. The predicted molar refractivity (Wildman–Crippen MR) is 99.0 cm³/mol. The van der Waals surface area contributed by atoms with E-state index in [1.165, 1.54) is 23.5 Å². The van der Waals surface area contributed by atoms with E-state index in [2.05, 4.69) is 9.98 Å². The number of benzene rings is 1. The molecule has 4 nitrogen and oxygen atoms in total. The lowest BCUT2D eigenvalue weighted by atomic mass is 10.1. The third-order valence-electron chi connectivity index (χ3n) is 3.16. The molecule has 0 atom stereocenters. The van der Waals surface area contributed by atoms with Crippen molar-refractivity contribution in [3.05, 3.63) is 40.9 Å².